The van der Waals surface area contributed by atoms with Gasteiger partial charge in [-0.2, -0.15) is 15.0 Å². The van der Waals surface area contributed by atoms with E-state index in [1.807, 2.05) is 31.2 Å². The molecule has 1 aromatic carbocycles. The van der Waals surface area contributed by atoms with Crippen molar-refractivity contribution in [2.45, 2.75) is 32.4 Å². The standard InChI is InChI=1S/C13H18N4O/c1-10(13(2,3)18)16-11-4-6-12(7-5-11)17-14-8-9-15-17/h4-10,16,18H,1-3H3. The number of hydrogen-bond donors (Lipinski definition) is 2. The molecule has 0 saturated heterocycles. The molecule has 18 heavy (non-hydrogen) atoms. The summed E-state index contributed by atoms with van der Waals surface area (Å²) in [7, 11) is 0. The normalized spacial score (nSPS) is 13.3. The first kappa shape index (κ1) is 12.6. The average Bonchev–Trinajstić information content (AvgIpc) is 2.82. The minimum Gasteiger partial charge on any atom is -0.388 e. The molecule has 0 bridgehead atoms. The first-order chi connectivity index (χ1) is 8.47. The summed E-state index contributed by atoms with van der Waals surface area (Å²) in [5, 5.41) is 21.2. The highest BCUT2D eigenvalue weighted by Gasteiger charge is 2.21. The van der Waals surface area contributed by atoms with E-state index in [9.17, 15) is 5.11 Å². The molecule has 0 aliphatic rings. The lowest BCUT2D eigenvalue weighted by molar-refractivity contribution is 0.0649. The molecule has 0 fully saturated rings. The summed E-state index contributed by atoms with van der Waals surface area (Å²) in [5.74, 6) is 0. The Morgan fingerprint density at radius 1 is 1.17 bits per heavy atom. The Kier molecular flexibility index (Phi) is 3.34. The third-order valence-electron chi connectivity index (χ3n) is 2.96. The van der Waals surface area contributed by atoms with Gasteiger partial charge in [-0.1, -0.05) is 0 Å². The minimum atomic E-state index is -0.762. The first-order valence-corrected chi connectivity index (χ1v) is 5.92. The van der Waals surface area contributed by atoms with Crippen molar-refractivity contribution in [1.29, 1.82) is 0 Å². The molecule has 0 radical (unpaired) electrons. The van der Waals surface area contributed by atoms with Gasteiger partial charge in [-0.15, -0.1) is 0 Å². The Morgan fingerprint density at radius 2 is 1.72 bits per heavy atom. The Balaban J connectivity index is 2.09. The highest BCUT2D eigenvalue weighted by molar-refractivity contribution is 5.49. The van der Waals surface area contributed by atoms with E-state index in [2.05, 4.69) is 15.5 Å². The number of aliphatic hydroxyl groups is 1. The molecular formula is C13H18N4O. The third kappa shape index (κ3) is 2.87. The fraction of sp³-hybridized carbons (Fsp3) is 0.385. The molecule has 5 heteroatoms. The molecule has 0 aliphatic heterocycles. The van der Waals surface area contributed by atoms with Crippen molar-refractivity contribution in [2.24, 2.45) is 0 Å². The SMILES string of the molecule is CC(Nc1ccc(-n2nccn2)cc1)C(C)(C)O. The van der Waals surface area contributed by atoms with Crippen LogP contribution in [0, 0.1) is 0 Å². The van der Waals surface area contributed by atoms with Gasteiger partial charge in [0.25, 0.3) is 0 Å². The van der Waals surface area contributed by atoms with Crippen molar-refractivity contribution in [3.63, 3.8) is 0 Å². The molecule has 0 aliphatic carbocycles. The number of rotatable bonds is 4. The summed E-state index contributed by atoms with van der Waals surface area (Å²) in [6.45, 7) is 5.52. The maximum absolute atomic E-state index is 9.87. The summed E-state index contributed by atoms with van der Waals surface area (Å²) in [4.78, 5) is 1.56. The van der Waals surface area contributed by atoms with Gasteiger partial charge in [0, 0.05) is 5.69 Å². The predicted octanol–water partition coefficient (Wildman–Crippen LogP) is 1.84. The van der Waals surface area contributed by atoms with Crippen molar-refractivity contribution >= 4 is 5.69 Å². The van der Waals surface area contributed by atoms with E-state index >= 15 is 0 Å². The summed E-state index contributed by atoms with van der Waals surface area (Å²) < 4.78 is 0. The molecule has 1 atom stereocenters. The Hall–Kier alpha value is -1.88. The fourth-order valence-electron chi connectivity index (χ4n) is 1.47. The molecule has 1 aromatic heterocycles. The maximum atomic E-state index is 9.87. The van der Waals surface area contributed by atoms with E-state index in [-0.39, 0.29) is 6.04 Å². The number of benzene rings is 1. The quantitative estimate of drug-likeness (QED) is 0.864. The second-order valence-corrected chi connectivity index (χ2v) is 4.89. The first-order valence-electron chi connectivity index (χ1n) is 5.92. The molecule has 0 spiro atoms. The van der Waals surface area contributed by atoms with Crippen molar-refractivity contribution in [3.05, 3.63) is 36.7 Å². The van der Waals surface area contributed by atoms with Gasteiger partial charge >= 0.3 is 0 Å². The third-order valence-corrected chi connectivity index (χ3v) is 2.96. The molecule has 2 N–H and O–H groups in total. The number of aromatic nitrogens is 3. The summed E-state index contributed by atoms with van der Waals surface area (Å²) >= 11 is 0. The highest BCUT2D eigenvalue weighted by atomic mass is 16.3. The van der Waals surface area contributed by atoms with Crippen molar-refractivity contribution < 1.29 is 5.11 Å². The van der Waals surface area contributed by atoms with Gasteiger partial charge in [-0.3, -0.25) is 0 Å². The van der Waals surface area contributed by atoms with E-state index in [1.54, 1.807) is 31.0 Å². The lowest BCUT2D eigenvalue weighted by Crippen LogP contribution is -2.39. The smallest absolute Gasteiger partial charge is 0.0858 e. The van der Waals surface area contributed by atoms with Crippen LogP contribution in [0.5, 0.6) is 0 Å². The van der Waals surface area contributed by atoms with Gasteiger partial charge in [0.1, 0.15) is 0 Å². The van der Waals surface area contributed by atoms with Gasteiger partial charge in [-0.25, -0.2) is 0 Å². The van der Waals surface area contributed by atoms with Crippen LogP contribution >= 0.6 is 0 Å². The van der Waals surface area contributed by atoms with Crippen LogP contribution in [0.3, 0.4) is 0 Å². The van der Waals surface area contributed by atoms with Crippen LogP contribution in [-0.4, -0.2) is 31.7 Å². The fourth-order valence-corrected chi connectivity index (χ4v) is 1.47. The average molecular weight is 246 g/mol. The van der Waals surface area contributed by atoms with E-state index in [0.717, 1.165) is 11.4 Å². The molecule has 0 saturated carbocycles. The van der Waals surface area contributed by atoms with Crippen LogP contribution in [0.4, 0.5) is 5.69 Å². The van der Waals surface area contributed by atoms with Crippen LogP contribution in [-0.2, 0) is 0 Å². The number of nitrogens with one attached hydrogen (secondary N) is 1. The van der Waals surface area contributed by atoms with Crippen molar-refractivity contribution in [1.82, 2.24) is 15.0 Å². The molecule has 96 valence electrons. The van der Waals surface area contributed by atoms with Gasteiger partial charge in [0.2, 0.25) is 0 Å². The number of anilines is 1. The van der Waals surface area contributed by atoms with E-state index in [0.29, 0.717) is 0 Å². The second-order valence-electron chi connectivity index (χ2n) is 4.89. The van der Waals surface area contributed by atoms with E-state index in [1.165, 1.54) is 0 Å². The zero-order valence-corrected chi connectivity index (χ0v) is 10.8. The zero-order chi connectivity index (χ0) is 13.2. The van der Waals surface area contributed by atoms with Gasteiger partial charge in [0.15, 0.2) is 0 Å². The lowest BCUT2D eigenvalue weighted by atomic mass is 10.0. The highest BCUT2D eigenvalue weighted by Crippen LogP contribution is 2.17. The molecule has 5 nitrogen and oxygen atoms in total. The van der Waals surface area contributed by atoms with Crippen LogP contribution in [0.1, 0.15) is 20.8 Å². The monoisotopic (exact) mass is 246 g/mol. The van der Waals surface area contributed by atoms with Crippen molar-refractivity contribution in [2.75, 3.05) is 5.32 Å². The molecule has 1 unspecified atom stereocenters. The topological polar surface area (TPSA) is 63.0 Å². The Morgan fingerprint density at radius 3 is 2.22 bits per heavy atom. The number of hydrogen-bond acceptors (Lipinski definition) is 4. The van der Waals surface area contributed by atoms with Crippen LogP contribution < -0.4 is 5.32 Å². The van der Waals surface area contributed by atoms with Crippen LogP contribution in [0.15, 0.2) is 36.7 Å². The largest absolute Gasteiger partial charge is 0.388 e. The number of nitrogens with zero attached hydrogens (tertiary/aromatic N) is 3. The summed E-state index contributed by atoms with van der Waals surface area (Å²) in [5.41, 5.74) is 1.10. The molecule has 2 aromatic rings. The minimum absolute atomic E-state index is 0.0359. The Bertz CT molecular complexity index is 485. The summed E-state index contributed by atoms with van der Waals surface area (Å²) in [6, 6.07) is 7.71. The van der Waals surface area contributed by atoms with Crippen LogP contribution in [0.2, 0.25) is 0 Å². The summed E-state index contributed by atoms with van der Waals surface area (Å²) in [6.07, 6.45) is 3.28. The van der Waals surface area contributed by atoms with E-state index in [4.69, 9.17) is 0 Å². The predicted molar refractivity (Wildman–Crippen MR) is 70.7 cm³/mol. The van der Waals surface area contributed by atoms with Crippen LogP contribution in [0.25, 0.3) is 5.69 Å². The van der Waals surface area contributed by atoms with Crippen molar-refractivity contribution in [3.8, 4) is 5.69 Å². The molecule has 1 heterocycles. The molecular weight excluding hydrogens is 228 g/mol. The lowest BCUT2D eigenvalue weighted by Gasteiger charge is -2.27. The van der Waals surface area contributed by atoms with Gasteiger partial charge < -0.3 is 10.4 Å². The van der Waals surface area contributed by atoms with Gasteiger partial charge in [-0.05, 0) is 45.0 Å². The van der Waals surface area contributed by atoms with E-state index < -0.39 is 5.60 Å². The second kappa shape index (κ2) is 4.78. The maximum Gasteiger partial charge on any atom is 0.0858 e. The molecule has 0 amide bonds. The van der Waals surface area contributed by atoms with Gasteiger partial charge in [0.05, 0.1) is 29.7 Å². The molecule has 2 rings (SSSR count). The Labute approximate surface area is 106 Å². The zero-order valence-electron chi connectivity index (χ0n) is 10.8.